The molecule has 98 valence electrons. The van der Waals surface area contributed by atoms with Gasteiger partial charge in [-0.25, -0.2) is 9.18 Å². The summed E-state index contributed by atoms with van der Waals surface area (Å²) in [7, 11) is 0. The van der Waals surface area contributed by atoms with Gasteiger partial charge in [0.05, 0.1) is 16.7 Å². The van der Waals surface area contributed by atoms with E-state index in [4.69, 9.17) is 9.47 Å². The first kappa shape index (κ1) is 11.2. The van der Waals surface area contributed by atoms with Crippen LogP contribution in [0.25, 0.3) is 0 Å². The molecule has 0 saturated carbocycles. The van der Waals surface area contributed by atoms with E-state index in [1.165, 1.54) is 12.1 Å². The number of halogens is 1. The van der Waals surface area contributed by atoms with Gasteiger partial charge in [0.1, 0.15) is 11.6 Å². The van der Waals surface area contributed by atoms with Crippen molar-refractivity contribution < 1.29 is 23.5 Å². The Morgan fingerprint density at radius 3 is 2.60 bits per heavy atom. The van der Waals surface area contributed by atoms with E-state index in [0.717, 1.165) is 6.07 Å². The number of rotatable bonds is 0. The average molecular weight is 270 g/mol. The molecule has 2 aromatic rings. The Labute approximate surface area is 112 Å². The van der Waals surface area contributed by atoms with E-state index in [1.54, 1.807) is 24.3 Å². The first-order valence-electron chi connectivity index (χ1n) is 5.98. The molecule has 0 aromatic heterocycles. The number of ether oxygens (including phenoxy) is 2. The number of ketones is 1. The zero-order chi connectivity index (χ0) is 13.9. The van der Waals surface area contributed by atoms with E-state index in [1.807, 2.05) is 0 Å². The van der Waals surface area contributed by atoms with Crippen molar-refractivity contribution in [3.8, 4) is 5.75 Å². The lowest BCUT2D eigenvalue weighted by Crippen LogP contribution is -2.37. The Morgan fingerprint density at radius 2 is 1.75 bits per heavy atom. The predicted octanol–water partition coefficient (Wildman–Crippen LogP) is 2.42. The lowest BCUT2D eigenvalue weighted by molar-refractivity contribution is -0.0979. The molecule has 2 aliphatic rings. The molecule has 0 fully saturated rings. The zero-order valence-electron chi connectivity index (χ0n) is 10.1. The lowest BCUT2D eigenvalue weighted by atomic mass is 9.97. The molecule has 0 radical (unpaired) electrons. The Hall–Kier alpha value is -2.69. The van der Waals surface area contributed by atoms with Crippen LogP contribution in [0, 0.1) is 5.82 Å². The summed E-state index contributed by atoms with van der Waals surface area (Å²) in [6.45, 7) is 0. The minimum absolute atomic E-state index is 0.0829. The van der Waals surface area contributed by atoms with Crippen LogP contribution in [0.15, 0.2) is 42.5 Å². The maximum atomic E-state index is 13.2. The van der Waals surface area contributed by atoms with Crippen molar-refractivity contribution in [3.63, 3.8) is 0 Å². The fourth-order valence-electron chi connectivity index (χ4n) is 2.58. The average Bonchev–Trinajstić information content (AvgIpc) is 2.87. The largest absolute Gasteiger partial charge is 0.441 e. The number of hydrogen-bond acceptors (Lipinski definition) is 4. The lowest BCUT2D eigenvalue weighted by Gasteiger charge is -2.20. The number of Topliss-reactive ketones (excluding diaryl/α,β-unsaturated/α-hetero) is 1. The SMILES string of the molecule is O=C1OC2(Oc3cc(F)ccc3C2=O)c2ccccc21. The minimum Gasteiger partial charge on any atom is -0.441 e. The summed E-state index contributed by atoms with van der Waals surface area (Å²) in [5, 5.41) is 0. The number of fused-ring (bicyclic) bond motifs is 3. The Bertz CT molecular complexity index is 783. The van der Waals surface area contributed by atoms with E-state index < -0.39 is 23.4 Å². The monoisotopic (exact) mass is 270 g/mol. The summed E-state index contributed by atoms with van der Waals surface area (Å²) in [6.07, 6.45) is 0. The number of hydrogen-bond donors (Lipinski definition) is 0. The van der Waals surface area contributed by atoms with Crippen LogP contribution in [-0.2, 0) is 10.5 Å². The molecule has 2 aromatic carbocycles. The Balaban J connectivity index is 1.94. The molecular weight excluding hydrogens is 263 g/mol. The molecule has 5 heteroatoms. The van der Waals surface area contributed by atoms with Crippen LogP contribution in [0.3, 0.4) is 0 Å². The highest BCUT2D eigenvalue weighted by atomic mass is 19.1. The van der Waals surface area contributed by atoms with Crippen LogP contribution in [0.4, 0.5) is 4.39 Å². The van der Waals surface area contributed by atoms with Crippen LogP contribution in [-0.4, -0.2) is 11.8 Å². The molecule has 20 heavy (non-hydrogen) atoms. The number of carbonyl (C=O) groups is 2. The van der Waals surface area contributed by atoms with E-state index >= 15 is 0 Å². The van der Waals surface area contributed by atoms with Crippen LogP contribution < -0.4 is 4.74 Å². The highest BCUT2D eigenvalue weighted by molar-refractivity contribution is 6.11. The second-order valence-electron chi connectivity index (χ2n) is 4.62. The van der Waals surface area contributed by atoms with Crippen molar-refractivity contribution in [2.24, 2.45) is 0 Å². The van der Waals surface area contributed by atoms with Crippen LogP contribution in [0.2, 0.25) is 0 Å². The molecule has 1 spiro atoms. The van der Waals surface area contributed by atoms with Gasteiger partial charge in [-0.05, 0) is 24.3 Å². The summed E-state index contributed by atoms with van der Waals surface area (Å²) < 4.78 is 23.9. The molecular formula is C15H7FO4. The van der Waals surface area contributed by atoms with Crippen LogP contribution in [0.5, 0.6) is 5.75 Å². The molecule has 2 aliphatic heterocycles. The highest BCUT2D eigenvalue weighted by Crippen LogP contribution is 2.47. The number of esters is 1. The fraction of sp³-hybridized carbons (Fsp3) is 0.0667. The first-order valence-corrected chi connectivity index (χ1v) is 5.98. The third-order valence-corrected chi connectivity index (χ3v) is 3.48. The van der Waals surface area contributed by atoms with Gasteiger partial charge in [0.2, 0.25) is 0 Å². The van der Waals surface area contributed by atoms with Crippen LogP contribution in [0.1, 0.15) is 26.3 Å². The van der Waals surface area contributed by atoms with Gasteiger partial charge >= 0.3 is 11.8 Å². The van der Waals surface area contributed by atoms with Gasteiger partial charge in [-0.15, -0.1) is 0 Å². The standard InChI is InChI=1S/C15H7FO4/c16-8-5-6-10-12(7-8)19-15(13(10)17)11-4-2-1-3-9(11)14(18)20-15/h1-7H. The molecule has 2 heterocycles. The molecule has 0 N–H and O–H groups in total. The number of carbonyl (C=O) groups excluding carboxylic acids is 2. The maximum Gasteiger partial charge on any atom is 0.347 e. The molecule has 0 bridgehead atoms. The smallest absolute Gasteiger partial charge is 0.347 e. The first-order chi connectivity index (χ1) is 9.62. The predicted molar refractivity (Wildman–Crippen MR) is 64.9 cm³/mol. The van der Waals surface area contributed by atoms with Gasteiger partial charge in [0.15, 0.2) is 0 Å². The summed E-state index contributed by atoms with van der Waals surface area (Å²) in [5.41, 5.74) is 0.844. The summed E-state index contributed by atoms with van der Waals surface area (Å²) in [6, 6.07) is 10.1. The van der Waals surface area contributed by atoms with E-state index in [9.17, 15) is 14.0 Å². The molecule has 0 aliphatic carbocycles. The van der Waals surface area contributed by atoms with E-state index in [2.05, 4.69) is 0 Å². The highest BCUT2D eigenvalue weighted by Gasteiger charge is 2.58. The summed E-state index contributed by atoms with van der Waals surface area (Å²) >= 11 is 0. The van der Waals surface area contributed by atoms with Gasteiger partial charge in [0, 0.05) is 6.07 Å². The maximum absolute atomic E-state index is 13.2. The topological polar surface area (TPSA) is 52.6 Å². The van der Waals surface area contributed by atoms with Gasteiger partial charge < -0.3 is 9.47 Å². The van der Waals surface area contributed by atoms with Crippen LogP contribution >= 0.6 is 0 Å². The van der Waals surface area contributed by atoms with Crippen molar-refractivity contribution >= 4 is 11.8 Å². The third-order valence-electron chi connectivity index (χ3n) is 3.48. The third kappa shape index (κ3) is 1.19. The van der Waals surface area contributed by atoms with Crippen molar-refractivity contribution in [1.29, 1.82) is 0 Å². The zero-order valence-corrected chi connectivity index (χ0v) is 10.1. The molecule has 4 nitrogen and oxygen atoms in total. The van der Waals surface area contributed by atoms with Crippen molar-refractivity contribution in [2.45, 2.75) is 5.79 Å². The summed E-state index contributed by atoms with van der Waals surface area (Å²) in [4.78, 5) is 24.4. The molecule has 1 unspecified atom stereocenters. The molecule has 0 saturated heterocycles. The summed E-state index contributed by atoms with van der Waals surface area (Å²) in [5.74, 6) is -3.36. The Morgan fingerprint density at radius 1 is 0.950 bits per heavy atom. The molecule has 4 rings (SSSR count). The van der Waals surface area contributed by atoms with Crippen molar-refractivity contribution in [2.75, 3.05) is 0 Å². The number of benzene rings is 2. The Kier molecular flexibility index (Phi) is 1.92. The second-order valence-corrected chi connectivity index (χ2v) is 4.62. The van der Waals surface area contributed by atoms with Gasteiger partial charge in [0.25, 0.3) is 5.78 Å². The van der Waals surface area contributed by atoms with E-state index in [0.29, 0.717) is 5.56 Å². The normalized spacial score (nSPS) is 22.4. The van der Waals surface area contributed by atoms with Gasteiger partial charge in [-0.2, -0.15) is 0 Å². The fourth-order valence-corrected chi connectivity index (χ4v) is 2.58. The van der Waals surface area contributed by atoms with Gasteiger partial charge in [-0.1, -0.05) is 12.1 Å². The molecule has 1 atom stereocenters. The van der Waals surface area contributed by atoms with Gasteiger partial charge in [-0.3, -0.25) is 4.79 Å². The minimum atomic E-state index is -1.80. The van der Waals surface area contributed by atoms with Crippen molar-refractivity contribution in [3.05, 3.63) is 65.0 Å². The van der Waals surface area contributed by atoms with Crippen molar-refractivity contribution in [1.82, 2.24) is 0 Å². The van der Waals surface area contributed by atoms with E-state index in [-0.39, 0.29) is 16.9 Å². The molecule has 0 amide bonds. The quantitative estimate of drug-likeness (QED) is 0.690. The second kappa shape index (κ2) is 3.45.